The molecule has 84 heavy (non-hydrogen) atoms. The summed E-state index contributed by atoms with van der Waals surface area (Å²) in [6.45, 7) is 0. The van der Waals surface area contributed by atoms with Crippen molar-refractivity contribution >= 4 is 78.7 Å². The fourth-order valence-corrected chi connectivity index (χ4v) is 11.7. The number of aromatic nitrogens is 2. The number of rotatable bonds is 15. The van der Waals surface area contributed by atoms with Crippen molar-refractivity contribution in [2.75, 3.05) is 19.6 Å². The van der Waals surface area contributed by atoms with Gasteiger partial charge in [0.2, 0.25) is 0 Å². The van der Waals surface area contributed by atoms with Crippen LogP contribution in [0.5, 0.6) is 0 Å². The Bertz CT molecular complexity index is 4350. The van der Waals surface area contributed by atoms with Crippen molar-refractivity contribution in [1.82, 2.24) is 9.97 Å². The average Bonchev–Trinajstić information content (AvgIpc) is 2.39. The standard InChI is InChI=1S/C78H58N6/c1-7-24-62(25-8-1)81(63-26-9-2-10-27-63)70-48-52-72(53-49-70)83(66-32-15-5-16-33-66)68-44-40-58(41-45-68)76-77(80-78-74(36-21-37-75(78)79-76)61-39-38-57-22-19-20-23-60(57)56-61)59-42-46-69(47-43-59)84(67-34-17-6-18-35-67)73-54-50-71(51-55-73)82(64-28-11-3-12-29-64)65-30-13-4-14-31-65/h1-48,50-56,70H,49H2. The molecule has 0 N–H and O–H groups in total. The summed E-state index contributed by atoms with van der Waals surface area (Å²) >= 11 is 0. The maximum absolute atomic E-state index is 5.68. The minimum atomic E-state index is 0.129. The van der Waals surface area contributed by atoms with Gasteiger partial charge in [0.15, 0.2) is 0 Å². The van der Waals surface area contributed by atoms with E-state index in [4.69, 9.17) is 9.97 Å². The van der Waals surface area contributed by atoms with Gasteiger partial charge in [0.25, 0.3) is 0 Å². The smallest absolute Gasteiger partial charge is 0.0973 e. The van der Waals surface area contributed by atoms with E-state index in [1.165, 1.54) is 10.8 Å². The molecule has 1 atom stereocenters. The fourth-order valence-electron chi connectivity index (χ4n) is 11.7. The molecule has 0 spiro atoms. The summed E-state index contributed by atoms with van der Waals surface area (Å²) in [6, 6.07) is 112. The third-order valence-corrected chi connectivity index (χ3v) is 15.7. The quantitative estimate of drug-likeness (QED) is 0.102. The number of fused-ring (bicyclic) bond motifs is 2. The van der Waals surface area contributed by atoms with Crippen molar-refractivity contribution in [3.8, 4) is 33.6 Å². The number of allylic oxidation sites excluding steroid dienone is 1. The second-order valence-corrected chi connectivity index (χ2v) is 20.9. The highest BCUT2D eigenvalue weighted by atomic mass is 15.2. The SMILES string of the molecule is C1=CC(N(c2ccccc2)c2ccccc2)CC=C1N(c1ccccc1)c1ccc(-c2nc3cccc(-c4ccc5ccccc5c4)c3nc2-c2ccc(N(c3ccccc3)c3ccc(N(c4ccccc4)c4ccccc4)cc3)cc2)cc1. The average molecular weight is 1080 g/mol. The zero-order valence-electron chi connectivity index (χ0n) is 46.2. The molecule has 1 heterocycles. The molecule has 0 radical (unpaired) electrons. The molecule has 14 rings (SSSR count). The van der Waals surface area contributed by atoms with Crippen molar-refractivity contribution in [3.63, 3.8) is 0 Å². The van der Waals surface area contributed by atoms with E-state index in [0.29, 0.717) is 0 Å². The maximum Gasteiger partial charge on any atom is 0.0973 e. The number of benzene rings is 12. The molecule has 1 unspecified atom stereocenters. The van der Waals surface area contributed by atoms with Gasteiger partial charge in [-0.3, -0.25) is 0 Å². The Hall–Kier alpha value is -11.1. The van der Waals surface area contributed by atoms with Crippen LogP contribution in [0.15, 0.2) is 339 Å². The molecule has 6 nitrogen and oxygen atoms in total. The molecule has 0 bridgehead atoms. The monoisotopic (exact) mass is 1080 g/mol. The van der Waals surface area contributed by atoms with Crippen molar-refractivity contribution in [2.24, 2.45) is 0 Å². The lowest BCUT2D eigenvalue weighted by Crippen LogP contribution is -2.31. The fraction of sp³-hybridized carbons (Fsp3) is 0.0256. The van der Waals surface area contributed by atoms with Crippen LogP contribution in [0.25, 0.3) is 55.4 Å². The first-order valence-corrected chi connectivity index (χ1v) is 28.7. The van der Waals surface area contributed by atoms with E-state index >= 15 is 0 Å². The van der Waals surface area contributed by atoms with Crippen LogP contribution in [0.3, 0.4) is 0 Å². The Kier molecular flexibility index (Phi) is 14.1. The van der Waals surface area contributed by atoms with E-state index < -0.39 is 0 Å². The third kappa shape index (κ3) is 10.4. The molecule has 400 valence electrons. The van der Waals surface area contributed by atoms with Crippen LogP contribution in [-0.4, -0.2) is 16.0 Å². The molecule has 0 amide bonds. The largest absolute Gasteiger partial charge is 0.334 e. The highest BCUT2D eigenvalue weighted by Crippen LogP contribution is 2.43. The first-order chi connectivity index (χ1) is 41.7. The first kappa shape index (κ1) is 51.1. The molecular weight excluding hydrogens is 1020 g/mol. The molecule has 1 aliphatic carbocycles. The molecule has 1 aromatic heterocycles. The summed E-state index contributed by atoms with van der Waals surface area (Å²) < 4.78 is 0. The highest BCUT2D eigenvalue weighted by Gasteiger charge is 2.25. The Morgan fingerprint density at radius 1 is 0.298 bits per heavy atom. The van der Waals surface area contributed by atoms with E-state index in [1.54, 1.807) is 0 Å². The van der Waals surface area contributed by atoms with Crippen LogP contribution < -0.4 is 19.6 Å². The van der Waals surface area contributed by atoms with E-state index in [-0.39, 0.29) is 6.04 Å². The van der Waals surface area contributed by atoms with E-state index in [2.05, 4.69) is 353 Å². The van der Waals surface area contributed by atoms with Gasteiger partial charge >= 0.3 is 0 Å². The van der Waals surface area contributed by atoms with Crippen LogP contribution >= 0.6 is 0 Å². The topological polar surface area (TPSA) is 38.7 Å². The number of anilines is 10. The maximum atomic E-state index is 5.68. The highest BCUT2D eigenvalue weighted by molar-refractivity contribution is 5.98. The summed E-state index contributed by atoms with van der Waals surface area (Å²) in [6.07, 6.45) is 7.81. The van der Waals surface area contributed by atoms with Gasteiger partial charge in [-0.2, -0.15) is 0 Å². The summed E-state index contributed by atoms with van der Waals surface area (Å²) in [7, 11) is 0. The Balaban J connectivity index is 0.842. The molecular formula is C78H58N6. The van der Waals surface area contributed by atoms with Crippen LogP contribution in [0.1, 0.15) is 6.42 Å². The van der Waals surface area contributed by atoms with Crippen molar-refractivity contribution in [1.29, 1.82) is 0 Å². The molecule has 12 aromatic carbocycles. The van der Waals surface area contributed by atoms with Gasteiger partial charge in [-0.1, -0.05) is 194 Å². The number of nitrogens with zero attached hydrogens (tertiary/aromatic N) is 6. The Labute approximate surface area is 491 Å². The van der Waals surface area contributed by atoms with Crippen LogP contribution in [0.2, 0.25) is 0 Å². The number of para-hydroxylation sites is 7. The lowest BCUT2D eigenvalue weighted by Gasteiger charge is -2.35. The summed E-state index contributed by atoms with van der Waals surface area (Å²) in [5.41, 5.74) is 19.3. The number of hydrogen-bond acceptors (Lipinski definition) is 6. The Morgan fingerprint density at radius 3 is 1.14 bits per heavy atom. The van der Waals surface area contributed by atoms with Crippen molar-refractivity contribution < 1.29 is 0 Å². The molecule has 13 aromatic rings. The minimum Gasteiger partial charge on any atom is -0.334 e. The third-order valence-electron chi connectivity index (χ3n) is 15.7. The zero-order chi connectivity index (χ0) is 56.0. The van der Waals surface area contributed by atoms with Gasteiger partial charge in [0.05, 0.1) is 28.5 Å². The summed E-state index contributed by atoms with van der Waals surface area (Å²) in [5.74, 6) is 0. The van der Waals surface area contributed by atoms with Gasteiger partial charge in [-0.25, -0.2) is 9.97 Å². The van der Waals surface area contributed by atoms with E-state index in [9.17, 15) is 0 Å². The lowest BCUT2D eigenvalue weighted by molar-refractivity contribution is 0.777. The lowest BCUT2D eigenvalue weighted by atomic mass is 9.98. The van der Waals surface area contributed by atoms with Gasteiger partial charge < -0.3 is 19.6 Å². The second kappa shape index (κ2) is 23.2. The molecule has 0 fully saturated rings. The van der Waals surface area contributed by atoms with Gasteiger partial charge in [0.1, 0.15) is 0 Å². The van der Waals surface area contributed by atoms with Crippen LogP contribution in [0.4, 0.5) is 56.9 Å². The molecule has 6 heteroatoms. The van der Waals surface area contributed by atoms with Gasteiger partial charge in [-0.15, -0.1) is 0 Å². The molecule has 0 saturated heterocycles. The first-order valence-electron chi connectivity index (χ1n) is 28.7. The predicted octanol–water partition coefficient (Wildman–Crippen LogP) is 20.9. The summed E-state index contributed by atoms with van der Waals surface area (Å²) in [5, 5.41) is 2.38. The zero-order valence-corrected chi connectivity index (χ0v) is 46.2. The molecule has 1 aliphatic rings. The van der Waals surface area contributed by atoms with Crippen molar-refractivity contribution in [2.45, 2.75) is 12.5 Å². The molecule has 0 aliphatic heterocycles. The van der Waals surface area contributed by atoms with Crippen LogP contribution in [-0.2, 0) is 0 Å². The van der Waals surface area contributed by atoms with Crippen molar-refractivity contribution in [3.05, 3.63) is 339 Å². The normalized spacial score (nSPS) is 12.9. The van der Waals surface area contributed by atoms with Gasteiger partial charge in [-0.05, 0) is 162 Å². The number of hydrogen-bond donors (Lipinski definition) is 0. The Morgan fingerprint density at radius 2 is 0.679 bits per heavy atom. The summed E-state index contributed by atoms with van der Waals surface area (Å²) in [4.78, 5) is 20.6. The predicted molar refractivity (Wildman–Crippen MR) is 352 cm³/mol. The molecule has 0 saturated carbocycles. The van der Waals surface area contributed by atoms with E-state index in [0.717, 1.165) is 114 Å². The van der Waals surface area contributed by atoms with Crippen LogP contribution in [0, 0.1) is 0 Å². The van der Waals surface area contributed by atoms with Gasteiger partial charge in [0, 0.05) is 79.3 Å². The van der Waals surface area contributed by atoms with E-state index in [1.807, 2.05) is 0 Å². The minimum absolute atomic E-state index is 0.129. The second-order valence-electron chi connectivity index (χ2n) is 20.9.